The first kappa shape index (κ1) is 8.45. The minimum atomic E-state index is -0.314. The zero-order chi connectivity index (χ0) is 7.78. The maximum Gasteiger partial charge on any atom is 0.109 e. The molecule has 0 aliphatic carbocycles. The predicted octanol–water partition coefficient (Wildman–Crippen LogP) is 2.06. The highest BCUT2D eigenvalue weighted by Crippen LogP contribution is 2.55. The van der Waals surface area contributed by atoms with Gasteiger partial charge in [0.25, 0.3) is 0 Å². The summed E-state index contributed by atoms with van der Waals surface area (Å²) in [7, 11) is 1.83. The molecule has 0 bridgehead atoms. The first-order valence-corrected chi connectivity index (χ1v) is 4.87. The van der Waals surface area contributed by atoms with Crippen molar-refractivity contribution < 1.29 is 4.52 Å². The third kappa shape index (κ3) is 1.69. The van der Waals surface area contributed by atoms with Gasteiger partial charge in [0.1, 0.15) is 8.30 Å². The largest absolute Gasteiger partial charge is 0.342 e. The molecule has 1 aliphatic rings. The summed E-state index contributed by atoms with van der Waals surface area (Å²) < 4.78 is 7.95. The van der Waals surface area contributed by atoms with Crippen LogP contribution < -0.4 is 0 Å². The number of hydrogen-bond acceptors (Lipinski definition) is 2. The molecule has 60 valence electrons. The molecule has 1 unspecified atom stereocenters. The Morgan fingerprint density at radius 3 is 2.20 bits per heavy atom. The van der Waals surface area contributed by atoms with Crippen LogP contribution in [0.1, 0.15) is 20.8 Å². The van der Waals surface area contributed by atoms with E-state index in [0.717, 1.165) is 13.2 Å². The number of likely N-dealkylation sites (N-methyl/N-ethyl adjacent to an activating group) is 1. The van der Waals surface area contributed by atoms with Crippen molar-refractivity contribution in [2.75, 3.05) is 20.2 Å². The van der Waals surface area contributed by atoms with Gasteiger partial charge in [-0.05, 0) is 7.05 Å². The molecule has 1 heterocycles. The summed E-state index contributed by atoms with van der Waals surface area (Å²) in [4.78, 5) is 0. The molecule has 0 aromatic rings. The molecule has 1 aliphatic heterocycles. The van der Waals surface area contributed by atoms with Crippen LogP contribution in [0.5, 0.6) is 0 Å². The van der Waals surface area contributed by atoms with Crippen LogP contribution in [-0.4, -0.2) is 30.0 Å². The van der Waals surface area contributed by atoms with E-state index in [9.17, 15) is 0 Å². The summed E-state index contributed by atoms with van der Waals surface area (Å²) in [5.41, 5.74) is 0. The van der Waals surface area contributed by atoms with Gasteiger partial charge in [-0.3, -0.25) is 4.67 Å². The normalized spacial score (nSPS) is 29.4. The van der Waals surface area contributed by atoms with E-state index in [1.165, 1.54) is 0 Å². The molecule has 1 saturated heterocycles. The first-order chi connectivity index (χ1) is 4.52. The molecule has 3 heteroatoms. The van der Waals surface area contributed by atoms with Crippen molar-refractivity contribution in [1.82, 2.24) is 4.67 Å². The van der Waals surface area contributed by atoms with E-state index < -0.39 is 0 Å². The maximum atomic E-state index is 5.62. The Balaban J connectivity index is 2.55. The van der Waals surface area contributed by atoms with Crippen LogP contribution in [0.4, 0.5) is 0 Å². The topological polar surface area (TPSA) is 12.5 Å². The summed E-state index contributed by atoms with van der Waals surface area (Å²) in [5, 5.41) is 0.320. The molecule has 0 amide bonds. The predicted molar refractivity (Wildman–Crippen MR) is 45.3 cm³/mol. The van der Waals surface area contributed by atoms with Crippen molar-refractivity contribution in [2.24, 2.45) is 0 Å². The van der Waals surface area contributed by atoms with Gasteiger partial charge in [-0.25, -0.2) is 0 Å². The van der Waals surface area contributed by atoms with Gasteiger partial charge in [-0.15, -0.1) is 0 Å². The summed E-state index contributed by atoms with van der Waals surface area (Å²) >= 11 is 0. The minimum Gasteiger partial charge on any atom is -0.342 e. The first-order valence-electron chi connectivity index (χ1n) is 3.66. The Bertz CT molecular complexity index is 121. The van der Waals surface area contributed by atoms with Crippen LogP contribution in [0, 0.1) is 0 Å². The van der Waals surface area contributed by atoms with Crippen LogP contribution in [0.25, 0.3) is 0 Å². The van der Waals surface area contributed by atoms with Gasteiger partial charge in [-0.2, -0.15) is 0 Å². The quantitative estimate of drug-likeness (QED) is 0.504. The molecule has 0 radical (unpaired) electrons. The van der Waals surface area contributed by atoms with Crippen molar-refractivity contribution in [1.29, 1.82) is 0 Å². The Morgan fingerprint density at radius 1 is 1.40 bits per heavy atom. The molecule has 1 rings (SSSR count). The molecule has 0 spiro atoms. The monoisotopic (exact) mass is 161 g/mol. The number of hydrogen-bond donors (Lipinski definition) is 0. The number of rotatable bonds is 0. The van der Waals surface area contributed by atoms with Crippen LogP contribution >= 0.6 is 8.30 Å². The van der Waals surface area contributed by atoms with E-state index in [4.69, 9.17) is 4.52 Å². The molecular formula is C7H16NOP. The fourth-order valence-electron chi connectivity index (χ4n) is 1.15. The molecule has 0 aromatic heterocycles. The minimum absolute atomic E-state index is 0.314. The third-order valence-corrected chi connectivity index (χ3v) is 3.91. The second-order valence-electron chi connectivity index (χ2n) is 3.66. The smallest absolute Gasteiger partial charge is 0.109 e. The molecule has 2 nitrogen and oxygen atoms in total. The van der Waals surface area contributed by atoms with Crippen molar-refractivity contribution in [3.05, 3.63) is 0 Å². The Kier molecular flexibility index (Phi) is 2.34. The fraction of sp³-hybridized carbons (Fsp3) is 1.00. The van der Waals surface area contributed by atoms with E-state index in [1.807, 2.05) is 0 Å². The van der Waals surface area contributed by atoms with Crippen molar-refractivity contribution in [3.8, 4) is 0 Å². The molecule has 0 N–H and O–H groups in total. The number of nitrogens with zero attached hydrogens (tertiary/aromatic N) is 1. The lowest BCUT2D eigenvalue weighted by Crippen LogP contribution is -2.19. The summed E-state index contributed by atoms with van der Waals surface area (Å²) in [5.74, 6) is 0. The van der Waals surface area contributed by atoms with Gasteiger partial charge in [0, 0.05) is 11.7 Å². The van der Waals surface area contributed by atoms with Gasteiger partial charge in [0.2, 0.25) is 0 Å². The fourth-order valence-corrected chi connectivity index (χ4v) is 3.28. The van der Waals surface area contributed by atoms with Crippen molar-refractivity contribution >= 4 is 8.30 Å². The molecular weight excluding hydrogens is 145 g/mol. The van der Waals surface area contributed by atoms with E-state index >= 15 is 0 Å². The van der Waals surface area contributed by atoms with E-state index in [0.29, 0.717) is 5.16 Å². The van der Waals surface area contributed by atoms with Crippen LogP contribution in [0.2, 0.25) is 0 Å². The second-order valence-corrected chi connectivity index (χ2v) is 6.49. The summed E-state index contributed by atoms with van der Waals surface area (Å²) in [6.07, 6.45) is 0. The van der Waals surface area contributed by atoms with Gasteiger partial charge >= 0.3 is 0 Å². The van der Waals surface area contributed by atoms with Crippen LogP contribution in [0.15, 0.2) is 0 Å². The standard InChI is InChI=1S/C7H16NOP/c1-7(2,3)10-8(4)5-6-9-10/h5-6H2,1-4H3. The highest BCUT2D eigenvalue weighted by Gasteiger charge is 2.33. The van der Waals surface area contributed by atoms with Crippen molar-refractivity contribution in [2.45, 2.75) is 25.9 Å². The van der Waals surface area contributed by atoms with Gasteiger partial charge in [0.15, 0.2) is 0 Å². The average Bonchev–Trinajstić information content (AvgIpc) is 2.11. The van der Waals surface area contributed by atoms with Gasteiger partial charge in [-0.1, -0.05) is 20.8 Å². The SMILES string of the molecule is CN1CCOP1C(C)(C)C. The highest BCUT2D eigenvalue weighted by molar-refractivity contribution is 7.51. The summed E-state index contributed by atoms with van der Waals surface area (Å²) in [6.45, 7) is 8.73. The second kappa shape index (κ2) is 2.77. The van der Waals surface area contributed by atoms with Crippen molar-refractivity contribution in [3.63, 3.8) is 0 Å². The Hall–Kier alpha value is 0.350. The van der Waals surface area contributed by atoms with Crippen LogP contribution in [0.3, 0.4) is 0 Å². The highest BCUT2D eigenvalue weighted by atomic mass is 31.2. The van der Waals surface area contributed by atoms with E-state index in [1.54, 1.807) is 0 Å². The molecule has 0 saturated carbocycles. The van der Waals surface area contributed by atoms with Gasteiger partial charge in [0.05, 0.1) is 6.61 Å². The lowest BCUT2D eigenvalue weighted by molar-refractivity contribution is 0.385. The molecule has 10 heavy (non-hydrogen) atoms. The lowest BCUT2D eigenvalue weighted by Gasteiger charge is -2.29. The molecule has 0 aromatic carbocycles. The summed E-state index contributed by atoms with van der Waals surface area (Å²) in [6, 6.07) is 0. The van der Waals surface area contributed by atoms with E-state index in [-0.39, 0.29) is 8.30 Å². The zero-order valence-corrected chi connectivity index (χ0v) is 8.11. The third-order valence-electron chi connectivity index (χ3n) is 1.51. The average molecular weight is 161 g/mol. The Morgan fingerprint density at radius 2 is 2.00 bits per heavy atom. The molecule has 1 fully saturated rings. The van der Waals surface area contributed by atoms with Crippen LogP contribution in [-0.2, 0) is 4.52 Å². The van der Waals surface area contributed by atoms with Gasteiger partial charge < -0.3 is 4.52 Å². The lowest BCUT2D eigenvalue weighted by atomic mass is 10.3. The van der Waals surface area contributed by atoms with E-state index in [2.05, 4.69) is 32.5 Å². The Labute approximate surface area is 64.4 Å². The maximum absolute atomic E-state index is 5.62. The zero-order valence-electron chi connectivity index (χ0n) is 7.22. The molecule has 1 atom stereocenters.